The smallest absolute Gasteiger partial charge is 0.255 e. The summed E-state index contributed by atoms with van der Waals surface area (Å²) in [5.41, 5.74) is 5.57. The van der Waals surface area contributed by atoms with Crippen molar-refractivity contribution in [3.05, 3.63) is 82.9 Å². The maximum atomic E-state index is 13.0. The third-order valence-electron chi connectivity index (χ3n) is 6.22. The molecule has 3 aromatic rings. The van der Waals surface area contributed by atoms with Crippen LogP contribution in [0.2, 0.25) is 0 Å². The van der Waals surface area contributed by atoms with Crippen LogP contribution in [0.4, 0.5) is 22.7 Å². The van der Waals surface area contributed by atoms with Crippen LogP contribution in [0, 0.1) is 13.8 Å². The van der Waals surface area contributed by atoms with Gasteiger partial charge in [0.25, 0.3) is 11.8 Å². The van der Waals surface area contributed by atoms with E-state index in [0.717, 1.165) is 49.5 Å². The fourth-order valence-corrected chi connectivity index (χ4v) is 4.21. The summed E-state index contributed by atoms with van der Waals surface area (Å²) in [5.74, 6) is 1.03. The van der Waals surface area contributed by atoms with E-state index in [2.05, 4.69) is 41.9 Å². The highest BCUT2D eigenvalue weighted by Gasteiger charge is 2.17. The van der Waals surface area contributed by atoms with Gasteiger partial charge in [0.2, 0.25) is 0 Å². The molecule has 10 nitrogen and oxygen atoms in total. The molecule has 0 unspecified atom stereocenters. The van der Waals surface area contributed by atoms with Crippen molar-refractivity contribution in [1.82, 2.24) is 10.6 Å². The van der Waals surface area contributed by atoms with Crippen LogP contribution in [0.1, 0.15) is 31.8 Å². The van der Waals surface area contributed by atoms with Crippen LogP contribution < -0.4 is 31.9 Å². The number of hydrogen-bond acceptors (Lipinski definition) is 8. The minimum Gasteiger partial charge on any atom is -0.354 e. The molecule has 6 N–H and O–H groups in total. The monoisotopic (exact) mass is 546 g/mol. The Morgan fingerprint density at radius 1 is 0.641 bits per heavy atom. The van der Waals surface area contributed by atoms with Gasteiger partial charge in [-0.25, -0.2) is 0 Å². The Kier molecular flexibility index (Phi) is 8.67. The summed E-state index contributed by atoms with van der Waals surface area (Å²) in [6, 6.07) is 18.4. The Morgan fingerprint density at radius 3 is 1.33 bits per heavy atom. The van der Waals surface area contributed by atoms with Gasteiger partial charge in [-0.3, -0.25) is 19.6 Å². The summed E-state index contributed by atoms with van der Waals surface area (Å²) < 4.78 is 0. The van der Waals surface area contributed by atoms with Crippen molar-refractivity contribution in [3.63, 3.8) is 0 Å². The van der Waals surface area contributed by atoms with Crippen molar-refractivity contribution in [2.45, 2.75) is 13.8 Å². The van der Waals surface area contributed by atoms with Gasteiger partial charge in [0.1, 0.15) is 0 Å². The van der Waals surface area contributed by atoms with Crippen molar-refractivity contribution < 1.29 is 9.59 Å². The maximum Gasteiger partial charge on any atom is 0.255 e. The fraction of sp³-hybridized carbons (Fsp3) is 0.214. The summed E-state index contributed by atoms with van der Waals surface area (Å²) in [6.45, 7) is 6.83. The summed E-state index contributed by atoms with van der Waals surface area (Å²) >= 11 is 0. The van der Waals surface area contributed by atoms with Crippen LogP contribution in [-0.2, 0) is 0 Å². The highest BCUT2D eigenvalue weighted by atomic mass is 35.5. The molecular formula is C28H31ClN8O2. The molecule has 3 aromatic carbocycles. The molecule has 0 spiro atoms. The first kappa shape index (κ1) is 27.5. The number of hydrogen-bond donors (Lipinski definition) is 6. The van der Waals surface area contributed by atoms with Crippen LogP contribution in [0.25, 0.3) is 0 Å². The van der Waals surface area contributed by atoms with E-state index >= 15 is 0 Å². The minimum atomic E-state index is -0.232. The molecule has 0 bridgehead atoms. The van der Waals surface area contributed by atoms with Gasteiger partial charge in [-0.15, -0.1) is 12.4 Å². The van der Waals surface area contributed by atoms with Gasteiger partial charge in [-0.2, -0.15) is 0 Å². The molecule has 0 aliphatic carbocycles. The zero-order valence-electron chi connectivity index (χ0n) is 21.7. The summed E-state index contributed by atoms with van der Waals surface area (Å²) in [4.78, 5) is 34.6. The fourth-order valence-electron chi connectivity index (χ4n) is 4.21. The van der Waals surface area contributed by atoms with Crippen LogP contribution in [0.5, 0.6) is 0 Å². The van der Waals surface area contributed by atoms with Crippen LogP contribution >= 0.6 is 12.4 Å². The predicted molar refractivity (Wildman–Crippen MR) is 160 cm³/mol. The molecule has 0 saturated carbocycles. The van der Waals surface area contributed by atoms with E-state index in [0.29, 0.717) is 33.6 Å². The number of anilines is 4. The lowest BCUT2D eigenvalue weighted by Gasteiger charge is -2.14. The Bertz CT molecular complexity index is 1310. The van der Waals surface area contributed by atoms with E-state index in [9.17, 15) is 9.59 Å². The number of aryl methyl sites for hydroxylation is 2. The zero-order valence-corrected chi connectivity index (χ0v) is 22.5. The molecule has 0 aromatic heterocycles. The lowest BCUT2D eigenvalue weighted by molar-refractivity contribution is 0.101. The first-order valence-electron chi connectivity index (χ1n) is 12.5. The van der Waals surface area contributed by atoms with Crippen molar-refractivity contribution in [2.24, 2.45) is 9.98 Å². The number of carbonyl (C=O) groups is 2. The van der Waals surface area contributed by atoms with Crippen molar-refractivity contribution >= 4 is 58.9 Å². The van der Waals surface area contributed by atoms with Crippen LogP contribution in [-0.4, -0.2) is 49.9 Å². The maximum absolute atomic E-state index is 13.0. The third kappa shape index (κ3) is 6.85. The highest BCUT2D eigenvalue weighted by Crippen LogP contribution is 2.21. The summed E-state index contributed by atoms with van der Waals surface area (Å²) in [5, 5.41) is 18.6. The van der Waals surface area contributed by atoms with E-state index in [1.807, 2.05) is 62.4 Å². The summed E-state index contributed by atoms with van der Waals surface area (Å²) in [6.07, 6.45) is 0. The van der Waals surface area contributed by atoms with E-state index in [1.54, 1.807) is 12.1 Å². The molecule has 2 amide bonds. The molecule has 2 aliphatic heterocycles. The lowest BCUT2D eigenvalue weighted by atomic mass is 9.98. The number of guanidine groups is 2. The van der Waals surface area contributed by atoms with Gasteiger partial charge < -0.3 is 31.9 Å². The first-order chi connectivity index (χ1) is 18.4. The van der Waals surface area contributed by atoms with Crippen LogP contribution in [0.3, 0.4) is 0 Å². The second kappa shape index (κ2) is 12.3. The van der Waals surface area contributed by atoms with E-state index in [4.69, 9.17) is 0 Å². The van der Waals surface area contributed by atoms with Crippen molar-refractivity contribution in [3.8, 4) is 0 Å². The van der Waals surface area contributed by atoms with E-state index in [-0.39, 0.29) is 24.2 Å². The highest BCUT2D eigenvalue weighted by molar-refractivity contribution is 6.09. The molecule has 0 saturated heterocycles. The van der Waals surface area contributed by atoms with Crippen LogP contribution in [0.15, 0.2) is 70.6 Å². The zero-order chi connectivity index (χ0) is 26.5. The molecule has 2 aliphatic rings. The number of benzene rings is 3. The molecule has 11 heteroatoms. The van der Waals surface area contributed by atoms with Gasteiger partial charge in [0.15, 0.2) is 11.9 Å². The molecule has 39 heavy (non-hydrogen) atoms. The lowest BCUT2D eigenvalue weighted by Crippen LogP contribution is -2.26. The Morgan fingerprint density at radius 2 is 1.00 bits per heavy atom. The quantitative estimate of drug-likeness (QED) is 0.277. The number of amides is 2. The van der Waals surface area contributed by atoms with Crippen molar-refractivity contribution in [2.75, 3.05) is 47.4 Å². The number of nitrogens with one attached hydrogen (secondary N) is 6. The number of halogens is 1. The number of aliphatic imine (C=N–C) groups is 2. The molecule has 2 heterocycles. The molecule has 0 fully saturated rings. The van der Waals surface area contributed by atoms with Gasteiger partial charge in [0, 0.05) is 47.0 Å². The van der Waals surface area contributed by atoms with Crippen molar-refractivity contribution in [1.29, 1.82) is 0 Å². The number of carbonyl (C=O) groups excluding carboxylic acids is 2. The average molecular weight is 547 g/mol. The van der Waals surface area contributed by atoms with Gasteiger partial charge in [-0.05, 0) is 85.6 Å². The number of nitrogens with zero attached hydrogens (tertiary/aromatic N) is 2. The molecular weight excluding hydrogens is 516 g/mol. The standard InChI is InChI=1S/C28H30N8O2.ClH/c1-17-15-24(26(38)34-20-5-9-22(10-6-20)36-28-31-13-14-32-28)18(2)16-23(17)25(37)33-19-3-7-21(8-4-19)35-27-29-11-12-30-27;/h3-10,15-16H,11-14H2,1-2H3,(H,33,37)(H,34,38)(H2,29,30,35)(H2,31,32,36);1H. The summed E-state index contributed by atoms with van der Waals surface area (Å²) in [7, 11) is 0. The topological polar surface area (TPSA) is 131 Å². The Labute approximate surface area is 233 Å². The predicted octanol–water partition coefficient (Wildman–Crippen LogP) is 3.97. The Hall–Kier alpha value is -4.57. The normalized spacial score (nSPS) is 13.7. The Balaban J connectivity index is 0.00000353. The minimum absolute atomic E-state index is 0. The second-order valence-corrected chi connectivity index (χ2v) is 9.11. The first-order valence-corrected chi connectivity index (χ1v) is 12.5. The SMILES string of the molecule is Cc1cc(C(=O)Nc2ccc(NC3=NCCN3)cc2)c(C)cc1C(=O)Nc1ccc(NC2=NCCN2)cc1.Cl. The average Bonchev–Trinajstić information content (AvgIpc) is 3.62. The molecule has 0 radical (unpaired) electrons. The van der Waals surface area contributed by atoms with Gasteiger partial charge in [-0.1, -0.05) is 0 Å². The largest absolute Gasteiger partial charge is 0.354 e. The van der Waals surface area contributed by atoms with Gasteiger partial charge >= 0.3 is 0 Å². The van der Waals surface area contributed by atoms with E-state index < -0.39 is 0 Å². The second-order valence-electron chi connectivity index (χ2n) is 9.11. The third-order valence-corrected chi connectivity index (χ3v) is 6.22. The number of rotatable bonds is 6. The molecule has 0 atom stereocenters. The van der Waals surface area contributed by atoms with Gasteiger partial charge in [0.05, 0.1) is 13.1 Å². The molecule has 202 valence electrons. The van der Waals surface area contributed by atoms with E-state index in [1.165, 1.54) is 0 Å². The molecule has 5 rings (SSSR count).